The number of aromatic amines is 1. The third-order valence-electron chi connectivity index (χ3n) is 6.36. The van der Waals surface area contributed by atoms with Gasteiger partial charge in [0.15, 0.2) is 0 Å². The van der Waals surface area contributed by atoms with Crippen molar-refractivity contribution in [1.29, 1.82) is 0 Å². The van der Waals surface area contributed by atoms with E-state index in [2.05, 4.69) is 11.1 Å². The number of methoxy groups -OCH3 is 1. The minimum Gasteiger partial charge on any atom is -0.385 e. The van der Waals surface area contributed by atoms with Gasteiger partial charge in [-0.15, -0.1) is 0 Å². The monoisotopic (exact) mass is 501 g/mol. The Labute approximate surface area is 216 Å². The van der Waals surface area contributed by atoms with Crippen LogP contribution in [0.25, 0.3) is 10.9 Å². The summed E-state index contributed by atoms with van der Waals surface area (Å²) in [6.07, 6.45) is 3.23. The number of halogens is 1. The van der Waals surface area contributed by atoms with Gasteiger partial charge >= 0.3 is 0 Å². The van der Waals surface area contributed by atoms with Crippen LogP contribution in [0, 0.1) is 5.82 Å². The van der Waals surface area contributed by atoms with Gasteiger partial charge in [0.25, 0.3) is 5.91 Å². The van der Waals surface area contributed by atoms with Crippen LogP contribution in [-0.4, -0.2) is 59.9 Å². The number of rotatable bonds is 12. The fourth-order valence-corrected chi connectivity index (χ4v) is 4.41. The van der Waals surface area contributed by atoms with Gasteiger partial charge in [-0.25, -0.2) is 4.39 Å². The summed E-state index contributed by atoms with van der Waals surface area (Å²) in [5.41, 5.74) is 3.42. The number of para-hydroxylation sites is 1. The van der Waals surface area contributed by atoms with E-state index >= 15 is 0 Å². The third kappa shape index (κ3) is 7.05. The molecule has 0 spiro atoms. The lowest BCUT2D eigenvalue weighted by atomic mass is 10.1. The molecule has 1 N–H and O–H groups in total. The molecule has 0 atom stereocenters. The molecule has 0 saturated heterocycles. The van der Waals surface area contributed by atoms with E-state index in [-0.39, 0.29) is 23.9 Å². The molecular weight excluding hydrogens is 469 g/mol. The molecule has 0 saturated carbocycles. The number of H-pyrrole nitrogens is 1. The molecule has 0 fully saturated rings. The van der Waals surface area contributed by atoms with Crippen LogP contribution in [0.3, 0.4) is 0 Å². The summed E-state index contributed by atoms with van der Waals surface area (Å²) < 4.78 is 19.0. The number of hydrogen-bond acceptors (Lipinski definition) is 3. The Morgan fingerprint density at radius 3 is 2.49 bits per heavy atom. The second-order valence-corrected chi connectivity index (χ2v) is 8.99. The van der Waals surface area contributed by atoms with E-state index < -0.39 is 5.82 Å². The van der Waals surface area contributed by atoms with Gasteiger partial charge in [-0.2, -0.15) is 0 Å². The largest absolute Gasteiger partial charge is 0.385 e. The minimum absolute atomic E-state index is 0.0974. The van der Waals surface area contributed by atoms with E-state index in [0.29, 0.717) is 39.1 Å². The van der Waals surface area contributed by atoms with Gasteiger partial charge < -0.3 is 19.5 Å². The van der Waals surface area contributed by atoms with Gasteiger partial charge in [-0.1, -0.05) is 54.6 Å². The van der Waals surface area contributed by atoms with Crippen LogP contribution < -0.4 is 0 Å². The Hall–Kier alpha value is -3.97. The summed E-state index contributed by atoms with van der Waals surface area (Å²) in [4.78, 5) is 33.4. The molecule has 0 aliphatic carbocycles. The number of aromatic nitrogens is 1. The van der Waals surface area contributed by atoms with Crippen LogP contribution in [0.2, 0.25) is 0 Å². The van der Waals surface area contributed by atoms with Crippen LogP contribution in [0.1, 0.15) is 27.9 Å². The van der Waals surface area contributed by atoms with E-state index in [9.17, 15) is 14.0 Å². The predicted octanol–water partition coefficient (Wildman–Crippen LogP) is 5.06. The highest BCUT2D eigenvalue weighted by Gasteiger charge is 2.23. The van der Waals surface area contributed by atoms with Crippen LogP contribution >= 0.6 is 0 Å². The molecule has 2 amide bonds. The Kier molecular flexibility index (Phi) is 9.05. The molecule has 4 rings (SSSR count). The van der Waals surface area contributed by atoms with E-state index in [4.69, 9.17) is 4.74 Å². The Morgan fingerprint density at radius 1 is 0.919 bits per heavy atom. The zero-order valence-corrected chi connectivity index (χ0v) is 21.0. The first-order valence-electron chi connectivity index (χ1n) is 12.5. The minimum atomic E-state index is -0.488. The zero-order chi connectivity index (χ0) is 26.0. The molecule has 192 valence electrons. The second kappa shape index (κ2) is 12.8. The smallest absolute Gasteiger partial charge is 0.254 e. The number of amides is 2. The molecular formula is C30H32FN3O3. The number of benzene rings is 3. The van der Waals surface area contributed by atoms with Crippen molar-refractivity contribution in [3.05, 3.63) is 108 Å². The summed E-state index contributed by atoms with van der Waals surface area (Å²) in [7, 11) is 1.59. The first-order chi connectivity index (χ1) is 18.0. The highest BCUT2D eigenvalue weighted by Crippen LogP contribution is 2.19. The summed E-state index contributed by atoms with van der Waals surface area (Å²) in [6, 6.07) is 23.5. The molecule has 3 aromatic carbocycles. The van der Waals surface area contributed by atoms with Crippen LogP contribution in [0.4, 0.5) is 4.39 Å². The average molecular weight is 502 g/mol. The van der Waals surface area contributed by atoms with Gasteiger partial charge in [0, 0.05) is 56.0 Å². The van der Waals surface area contributed by atoms with Crippen molar-refractivity contribution < 1.29 is 18.7 Å². The standard InChI is InChI=1S/C30H32FN3O3/c1-37-18-8-16-34(30(36)24-11-7-12-26(31)19-24)22-29(35)33(21-23-9-3-2-4-10-23)17-15-25-20-32-28-14-6-5-13-27(25)28/h2-7,9-14,19-20,32H,8,15-18,21-22H2,1H3. The molecule has 1 aromatic heterocycles. The first kappa shape index (κ1) is 26.1. The lowest BCUT2D eigenvalue weighted by Gasteiger charge is -2.28. The van der Waals surface area contributed by atoms with Crippen LogP contribution in [0.15, 0.2) is 85.1 Å². The van der Waals surface area contributed by atoms with Gasteiger partial charge in [0.05, 0.1) is 0 Å². The number of nitrogens with one attached hydrogen (secondary N) is 1. The van der Waals surface area contributed by atoms with Crippen LogP contribution in [0.5, 0.6) is 0 Å². The summed E-state index contributed by atoms with van der Waals surface area (Å²) in [5.74, 6) is -1.02. The molecule has 4 aromatic rings. The predicted molar refractivity (Wildman–Crippen MR) is 143 cm³/mol. The number of fused-ring (bicyclic) bond motifs is 1. The normalized spacial score (nSPS) is 11.0. The Bertz CT molecular complexity index is 1320. The number of carbonyl (C=O) groups excluding carboxylic acids is 2. The topological polar surface area (TPSA) is 65.6 Å². The molecule has 0 aliphatic heterocycles. The van der Waals surface area contributed by atoms with Crippen molar-refractivity contribution >= 4 is 22.7 Å². The molecule has 37 heavy (non-hydrogen) atoms. The summed E-state index contributed by atoms with van der Waals surface area (Å²) >= 11 is 0. The fraction of sp³-hybridized carbons (Fsp3) is 0.267. The summed E-state index contributed by atoms with van der Waals surface area (Å²) in [6.45, 7) is 1.61. The summed E-state index contributed by atoms with van der Waals surface area (Å²) in [5, 5.41) is 1.14. The maximum atomic E-state index is 13.8. The molecule has 1 heterocycles. The van der Waals surface area contributed by atoms with Crippen molar-refractivity contribution in [1.82, 2.24) is 14.8 Å². The lowest BCUT2D eigenvalue weighted by Crippen LogP contribution is -2.44. The van der Waals surface area contributed by atoms with Gasteiger partial charge in [0.2, 0.25) is 5.91 Å². The molecule has 0 aliphatic rings. The number of hydrogen-bond donors (Lipinski definition) is 1. The number of nitrogens with zero attached hydrogens (tertiary/aromatic N) is 2. The van der Waals surface area contributed by atoms with Crippen molar-refractivity contribution in [3.8, 4) is 0 Å². The van der Waals surface area contributed by atoms with Gasteiger partial charge in [-0.3, -0.25) is 9.59 Å². The van der Waals surface area contributed by atoms with Crippen molar-refractivity contribution in [3.63, 3.8) is 0 Å². The Morgan fingerprint density at radius 2 is 1.70 bits per heavy atom. The van der Waals surface area contributed by atoms with Gasteiger partial charge in [0.1, 0.15) is 12.4 Å². The van der Waals surface area contributed by atoms with E-state index in [1.807, 2.05) is 54.7 Å². The van der Waals surface area contributed by atoms with Crippen molar-refractivity contribution in [2.24, 2.45) is 0 Å². The molecule has 0 radical (unpaired) electrons. The van der Waals surface area contributed by atoms with Crippen molar-refractivity contribution in [2.45, 2.75) is 19.4 Å². The van der Waals surface area contributed by atoms with E-state index in [0.717, 1.165) is 22.0 Å². The van der Waals surface area contributed by atoms with E-state index in [1.54, 1.807) is 18.1 Å². The number of carbonyl (C=O) groups is 2. The third-order valence-corrected chi connectivity index (χ3v) is 6.36. The maximum absolute atomic E-state index is 13.8. The van der Waals surface area contributed by atoms with E-state index in [1.165, 1.54) is 23.1 Å². The Balaban J connectivity index is 1.53. The highest BCUT2D eigenvalue weighted by atomic mass is 19.1. The molecule has 7 heteroatoms. The zero-order valence-electron chi connectivity index (χ0n) is 21.0. The average Bonchev–Trinajstić information content (AvgIpc) is 3.33. The first-order valence-corrected chi connectivity index (χ1v) is 12.5. The SMILES string of the molecule is COCCCN(CC(=O)N(CCc1c[nH]c2ccccc12)Cc1ccccc1)C(=O)c1cccc(F)c1. The van der Waals surface area contributed by atoms with Crippen molar-refractivity contribution in [2.75, 3.05) is 33.4 Å². The molecule has 6 nitrogen and oxygen atoms in total. The van der Waals surface area contributed by atoms with Gasteiger partial charge in [-0.05, 0) is 48.2 Å². The lowest BCUT2D eigenvalue weighted by molar-refractivity contribution is -0.132. The molecule has 0 bridgehead atoms. The fourth-order valence-electron chi connectivity index (χ4n) is 4.41. The quantitative estimate of drug-likeness (QED) is 0.276. The molecule has 0 unspecified atom stereocenters. The van der Waals surface area contributed by atoms with Crippen LogP contribution in [-0.2, 0) is 22.5 Å². The second-order valence-electron chi connectivity index (χ2n) is 8.99. The highest BCUT2D eigenvalue weighted by molar-refractivity contribution is 5.96. The number of ether oxygens (including phenoxy) is 1. The maximum Gasteiger partial charge on any atom is 0.254 e.